The largest absolute Gasteiger partial charge is 0.375 e. The molecule has 1 aliphatic carbocycles. The van der Waals surface area contributed by atoms with Crippen LogP contribution in [-0.2, 0) is 18.3 Å². The van der Waals surface area contributed by atoms with Crippen molar-refractivity contribution >= 4 is 23.6 Å². The number of nitrogens with zero attached hydrogens (tertiary/aromatic N) is 8. The zero-order valence-electron chi connectivity index (χ0n) is 25.6. The Balaban J connectivity index is 1.15. The monoisotopic (exact) mass is 606 g/mol. The van der Waals surface area contributed by atoms with Crippen LogP contribution in [0.4, 0.5) is 22.4 Å². The van der Waals surface area contributed by atoms with Gasteiger partial charge in [0.2, 0.25) is 5.95 Å². The first kappa shape index (κ1) is 30.0. The average molecular weight is 607 g/mol. The van der Waals surface area contributed by atoms with E-state index in [2.05, 4.69) is 31.7 Å². The smallest absolute Gasteiger partial charge is 0.323 e. The number of urea groups is 1. The minimum Gasteiger partial charge on any atom is -0.375 e. The number of morpholine rings is 1. The van der Waals surface area contributed by atoms with E-state index in [0.29, 0.717) is 49.4 Å². The summed E-state index contributed by atoms with van der Waals surface area (Å²) in [6, 6.07) is 16.0. The Kier molecular flexibility index (Phi) is 9.17. The molecule has 1 aromatic carbocycles. The molecular weight excluding hydrogens is 568 g/mol. The third kappa shape index (κ3) is 7.21. The van der Waals surface area contributed by atoms with Gasteiger partial charge in [0.25, 0.3) is 0 Å². The molecule has 0 radical (unpaired) electrons. The molecule has 3 aromatic heterocycles. The molecule has 2 aliphatic rings. The minimum absolute atomic E-state index is 0.0251. The molecule has 1 atom stereocenters. The number of hydrogen-bond acceptors (Lipinski definition) is 9. The zero-order chi connectivity index (χ0) is 31.2. The predicted octanol–water partition coefficient (Wildman–Crippen LogP) is 4.51. The lowest BCUT2D eigenvalue weighted by Gasteiger charge is -2.36. The maximum atomic E-state index is 13.7. The summed E-state index contributed by atoms with van der Waals surface area (Å²) >= 11 is 0. The Bertz CT molecular complexity index is 1630. The highest BCUT2D eigenvalue weighted by Gasteiger charge is 2.31. The van der Waals surface area contributed by atoms with Gasteiger partial charge >= 0.3 is 6.03 Å². The Hall–Kier alpha value is -5.02. The van der Waals surface area contributed by atoms with E-state index < -0.39 is 0 Å². The predicted molar refractivity (Wildman–Crippen MR) is 172 cm³/mol. The number of pyridine rings is 1. The SMILES string of the molecule is C[C@@H]1CN(c2nc(N[C@H]3CC[C@H](N(C(=O)NCc4ccccc4)c4ccc(-c5cnn(C)c5)cn4)CC3)ncc2C#N)CCO1. The number of amides is 2. The van der Waals surface area contributed by atoms with Crippen LogP contribution in [-0.4, -0.2) is 68.6 Å². The fraction of sp³-hybridized carbons (Fsp3) is 0.394. The molecule has 4 heterocycles. The molecule has 2 fully saturated rings. The lowest BCUT2D eigenvalue weighted by Crippen LogP contribution is -2.49. The molecule has 2 N–H and O–H groups in total. The summed E-state index contributed by atoms with van der Waals surface area (Å²) in [4.78, 5) is 31.5. The number of aryl methyl sites for hydroxylation is 1. The molecular formula is C33H38N10O2. The average Bonchev–Trinajstić information content (AvgIpc) is 3.51. The Labute approximate surface area is 263 Å². The van der Waals surface area contributed by atoms with Crippen LogP contribution in [0.5, 0.6) is 0 Å². The van der Waals surface area contributed by atoms with E-state index in [1.165, 1.54) is 0 Å². The number of carbonyl (C=O) groups excluding carboxylic acids is 1. The molecule has 232 valence electrons. The number of benzene rings is 1. The molecule has 0 bridgehead atoms. The van der Waals surface area contributed by atoms with Crippen LogP contribution in [0.1, 0.15) is 43.7 Å². The molecule has 0 unspecified atom stereocenters. The first-order chi connectivity index (χ1) is 22.0. The van der Waals surface area contributed by atoms with Gasteiger partial charge in [0, 0.05) is 62.3 Å². The quantitative estimate of drug-likeness (QED) is 0.297. The van der Waals surface area contributed by atoms with Crippen molar-refractivity contribution in [3.8, 4) is 17.2 Å². The van der Waals surface area contributed by atoms with Crippen molar-refractivity contribution in [1.82, 2.24) is 30.0 Å². The molecule has 12 heteroatoms. The molecule has 45 heavy (non-hydrogen) atoms. The van der Waals surface area contributed by atoms with Crippen LogP contribution in [0.15, 0.2) is 67.3 Å². The number of rotatable bonds is 8. The first-order valence-electron chi connectivity index (χ1n) is 15.4. The lowest BCUT2D eigenvalue weighted by molar-refractivity contribution is 0.0529. The van der Waals surface area contributed by atoms with Crippen molar-refractivity contribution < 1.29 is 9.53 Å². The van der Waals surface area contributed by atoms with E-state index in [1.807, 2.05) is 67.5 Å². The van der Waals surface area contributed by atoms with Gasteiger partial charge in [-0.15, -0.1) is 0 Å². The van der Waals surface area contributed by atoms with Gasteiger partial charge in [0.15, 0.2) is 5.82 Å². The molecule has 1 saturated heterocycles. The van der Waals surface area contributed by atoms with E-state index in [0.717, 1.165) is 42.4 Å². The van der Waals surface area contributed by atoms with Gasteiger partial charge in [-0.3, -0.25) is 9.58 Å². The highest BCUT2D eigenvalue weighted by Crippen LogP contribution is 2.30. The highest BCUT2D eigenvalue weighted by atomic mass is 16.5. The number of hydrogen-bond donors (Lipinski definition) is 2. The van der Waals surface area contributed by atoms with E-state index in [4.69, 9.17) is 14.7 Å². The third-order valence-corrected chi connectivity index (χ3v) is 8.36. The molecule has 6 rings (SSSR count). The molecule has 1 saturated carbocycles. The topological polar surface area (TPSA) is 137 Å². The molecule has 2 amide bonds. The van der Waals surface area contributed by atoms with Crippen LogP contribution in [0.2, 0.25) is 0 Å². The minimum atomic E-state index is -0.170. The van der Waals surface area contributed by atoms with E-state index >= 15 is 0 Å². The summed E-state index contributed by atoms with van der Waals surface area (Å²) in [5, 5.41) is 20.5. The fourth-order valence-electron chi connectivity index (χ4n) is 6.02. The molecule has 1 aliphatic heterocycles. The standard InChI is InChI=1S/C33H38N10O2/c1-23-21-42(14-15-45-23)31-26(16-34)19-36-32(40-31)39-28-9-11-29(12-10-28)43(33(44)37-17-24-6-4-3-5-7-24)30-13-8-25(18-35-30)27-20-38-41(2)22-27/h3-8,13,18-20,22-23,28-29H,9-12,14-15,17,21H2,1-2H3,(H,37,44)(H,36,39,40)/t23-,28-,29-/m1/s1. The van der Waals surface area contributed by atoms with Crippen LogP contribution in [0.3, 0.4) is 0 Å². The maximum Gasteiger partial charge on any atom is 0.323 e. The first-order valence-corrected chi connectivity index (χ1v) is 15.4. The number of aromatic nitrogens is 5. The molecule has 0 spiro atoms. The van der Waals surface area contributed by atoms with E-state index in [9.17, 15) is 10.1 Å². The normalized spacial score (nSPS) is 19.8. The second-order valence-electron chi connectivity index (χ2n) is 11.6. The summed E-state index contributed by atoms with van der Waals surface area (Å²) in [5.41, 5.74) is 3.40. The van der Waals surface area contributed by atoms with Gasteiger partial charge in [0.1, 0.15) is 17.5 Å². The Morgan fingerprint density at radius 3 is 2.58 bits per heavy atom. The summed E-state index contributed by atoms with van der Waals surface area (Å²) in [7, 11) is 1.88. The van der Waals surface area contributed by atoms with Gasteiger partial charge in [-0.05, 0) is 50.3 Å². The molecule has 12 nitrogen and oxygen atoms in total. The zero-order valence-corrected chi connectivity index (χ0v) is 25.6. The lowest BCUT2D eigenvalue weighted by atomic mass is 9.90. The number of ether oxygens (including phenoxy) is 1. The van der Waals surface area contributed by atoms with Gasteiger partial charge < -0.3 is 20.3 Å². The van der Waals surface area contributed by atoms with Crippen molar-refractivity contribution in [2.45, 2.75) is 57.3 Å². The number of nitriles is 1. The van der Waals surface area contributed by atoms with Gasteiger partial charge in [-0.25, -0.2) is 14.8 Å². The van der Waals surface area contributed by atoms with Gasteiger partial charge in [-0.1, -0.05) is 30.3 Å². The number of anilines is 3. The van der Waals surface area contributed by atoms with Crippen molar-refractivity contribution in [3.05, 3.63) is 78.4 Å². The van der Waals surface area contributed by atoms with Crippen molar-refractivity contribution in [3.63, 3.8) is 0 Å². The van der Waals surface area contributed by atoms with Crippen LogP contribution in [0, 0.1) is 11.3 Å². The van der Waals surface area contributed by atoms with E-state index in [1.54, 1.807) is 23.3 Å². The summed E-state index contributed by atoms with van der Waals surface area (Å²) in [6.07, 6.45) is 10.4. The van der Waals surface area contributed by atoms with E-state index in [-0.39, 0.29) is 24.2 Å². The van der Waals surface area contributed by atoms with Crippen molar-refractivity contribution in [2.75, 3.05) is 34.8 Å². The van der Waals surface area contributed by atoms with Crippen molar-refractivity contribution in [2.24, 2.45) is 7.05 Å². The summed E-state index contributed by atoms with van der Waals surface area (Å²) in [6.45, 7) is 4.41. The summed E-state index contributed by atoms with van der Waals surface area (Å²) < 4.78 is 7.43. The molecule has 4 aromatic rings. The van der Waals surface area contributed by atoms with Crippen molar-refractivity contribution in [1.29, 1.82) is 5.26 Å². The maximum absolute atomic E-state index is 13.7. The van der Waals surface area contributed by atoms with Crippen LogP contribution < -0.4 is 20.4 Å². The Morgan fingerprint density at radius 1 is 1.07 bits per heavy atom. The highest BCUT2D eigenvalue weighted by molar-refractivity contribution is 5.91. The van der Waals surface area contributed by atoms with Gasteiger partial charge in [-0.2, -0.15) is 15.3 Å². The number of nitrogens with one attached hydrogen (secondary N) is 2. The van der Waals surface area contributed by atoms with Crippen LogP contribution >= 0.6 is 0 Å². The summed E-state index contributed by atoms with van der Waals surface area (Å²) in [5.74, 6) is 1.77. The van der Waals surface area contributed by atoms with Gasteiger partial charge in [0.05, 0.1) is 25.1 Å². The van der Waals surface area contributed by atoms with Crippen LogP contribution in [0.25, 0.3) is 11.1 Å². The number of carbonyl (C=O) groups is 1. The second kappa shape index (κ2) is 13.7. The Morgan fingerprint density at radius 2 is 1.89 bits per heavy atom. The third-order valence-electron chi connectivity index (χ3n) is 8.36. The fourth-order valence-corrected chi connectivity index (χ4v) is 6.02. The second-order valence-corrected chi connectivity index (χ2v) is 11.6.